The summed E-state index contributed by atoms with van der Waals surface area (Å²) < 4.78 is 0.922. The van der Waals surface area contributed by atoms with Crippen LogP contribution < -0.4 is 10.7 Å². The molecule has 27 heavy (non-hydrogen) atoms. The van der Waals surface area contributed by atoms with Gasteiger partial charge in [-0.05, 0) is 36.8 Å². The summed E-state index contributed by atoms with van der Waals surface area (Å²) in [6, 6.07) is 9.14. The van der Waals surface area contributed by atoms with Crippen LogP contribution in [0.4, 0.5) is 11.4 Å². The second-order valence-electron chi connectivity index (χ2n) is 5.47. The highest BCUT2D eigenvalue weighted by Crippen LogP contribution is 2.32. The molecule has 0 unspecified atom stereocenters. The predicted molar refractivity (Wildman–Crippen MR) is 107 cm³/mol. The number of phenols is 1. The number of carbonyl (C=O) groups is 1. The zero-order valence-electron chi connectivity index (χ0n) is 14.1. The van der Waals surface area contributed by atoms with Crippen LogP contribution in [0, 0.1) is 10.1 Å². The molecule has 0 spiro atoms. The maximum absolute atomic E-state index is 12.3. The van der Waals surface area contributed by atoms with Crippen molar-refractivity contribution < 1.29 is 14.8 Å². The van der Waals surface area contributed by atoms with Gasteiger partial charge in [-0.25, -0.2) is 5.43 Å². The molecule has 2 aromatic rings. The van der Waals surface area contributed by atoms with Gasteiger partial charge >= 0.3 is 5.69 Å². The van der Waals surface area contributed by atoms with E-state index >= 15 is 0 Å². The number of phenolic OH excluding ortho intramolecular Hbond substituents is 1. The largest absolute Gasteiger partial charge is 0.502 e. The number of hydrazone groups is 1. The van der Waals surface area contributed by atoms with Gasteiger partial charge in [-0.15, -0.1) is 0 Å². The third-order valence-corrected chi connectivity index (χ3v) is 4.32. The van der Waals surface area contributed by atoms with Gasteiger partial charge in [0.2, 0.25) is 5.75 Å². The van der Waals surface area contributed by atoms with Crippen LogP contribution in [0.5, 0.6) is 5.75 Å². The fourth-order valence-corrected chi connectivity index (χ4v) is 2.67. The number of aromatic hydroxyl groups is 1. The van der Waals surface area contributed by atoms with Crippen molar-refractivity contribution >= 4 is 51.0 Å². The van der Waals surface area contributed by atoms with E-state index < -0.39 is 28.3 Å². The van der Waals surface area contributed by atoms with E-state index in [0.29, 0.717) is 6.42 Å². The number of nitro benzene ring substituents is 1. The molecule has 2 aromatic carbocycles. The second kappa shape index (κ2) is 9.33. The fourth-order valence-electron chi connectivity index (χ4n) is 2.19. The van der Waals surface area contributed by atoms with Crippen LogP contribution in [0.2, 0.25) is 5.02 Å². The van der Waals surface area contributed by atoms with E-state index in [0.717, 1.165) is 22.4 Å². The van der Waals surface area contributed by atoms with E-state index in [9.17, 15) is 20.0 Å². The third kappa shape index (κ3) is 5.66. The van der Waals surface area contributed by atoms with Crippen molar-refractivity contribution in [3.05, 3.63) is 61.6 Å². The molecule has 0 aliphatic heterocycles. The molecule has 2 rings (SSSR count). The van der Waals surface area contributed by atoms with Crippen molar-refractivity contribution in [2.75, 3.05) is 5.32 Å². The maximum Gasteiger partial charge on any atom is 0.312 e. The summed E-state index contributed by atoms with van der Waals surface area (Å²) in [7, 11) is 0. The Morgan fingerprint density at radius 2 is 2.07 bits per heavy atom. The molecule has 0 heterocycles. The summed E-state index contributed by atoms with van der Waals surface area (Å²) in [5.74, 6) is -0.977. The monoisotopic (exact) mass is 454 g/mol. The Morgan fingerprint density at radius 3 is 2.67 bits per heavy atom. The molecule has 0 aliphatic rings. The van der Waals surface area contributed by atoms with E-state index in [1.807, 2.05) is 31.2 Å². The summed E-state index contributed by atoms with van der Waals surface area (Å²) in [5.41, 5.74) is 2.59. The Bertz CT molecular complexity index is 874. The minimum atomic E-state index is -0.758. The van der Waals surface area contributed by atoms with Crippen molar-refractivity contribution in [2.45, 2.75) is 19.4 Å². The number of rotatable bonds is 7. The van der Waals surface area contributed by atoms with E-state index in [2.05, 4.69) is 31.8 Å². The Morgan fingerprint density at radius 1 is 1.41 bits per heavy atom. The number of benzene rings is 2. The lowest BCUT2D eigenvalue weighted by atomic mass is 10.2. The molecule has 0 radical (unpaired) electrons. The topological polar surface area (TPSA) is 117 Å². The minimum absolute atomic E-state index is 0.0171. The van der Waals surface area contributed by atoms with Crippen molar-refractivity contribution in [1.82, 2.24) is 5.43 Å². The van der Waals surface area contributed by atoms with Crippen molar-refractivity contribution in [3.8, 4) is 5.75 Å². The lowest BCUT2D eigenvalue weighted by molar-refractivity contribution is -0.385. The average molecular weight is 456 g/mol. The smallest absolute Gasteiger partial charge is 0.312 e. The number of nitrogens with zero attached hydrogens (tertiary/aromatic N) is 2. The van der Waals surface area contributed by atoms with Crippen molar-refractivity contribution in [1.29, 1.82) is 0 Å². The zero-order valence-corrected chi connectivity index (χ0v) is 16.5. The average Bonchev–Trinajstić information content (AvgIpc) is 2.63. The number of halogens is 2. The third-order valence-electron chi connectivity index (χ3n) is 3.57. The van der Waals surface area contributed by atoms with E-state index in [4.69, 9.17) is 11.6 Å². The van der Waals surface area contributed by atoms with Crippen LogP contribution in [0.3, 0.4) is 0 Å². The SMILES string of the molecule is CC[C@@H](Nc1ccc(Br)cc1)C(=O)N/N=C\c1cc(Cl)cc([N+](=O)[O-])c1O. The first-order valence-electron chi connectivity index (χ1n) is 7.83. The fraction of sp³-hybridized carbons (Fsp3) is 0.176. The van der Waals surface area contributed by atoms with Gasteiger partial charge in [0.15, 0.2) is 0 Å². The maximum atomic E-state index is 12.3. The standard InChI is InChI=1S/C17H16BrClN4O4/c1-2-14(21-13-5-3-11(18)4-6-13)17(25)22-20-9-10-7-12(19)8-15(16(10)24)23(26)27/h3-9,14,21,24H,2H2,1H3,(H,22,25)/b20-9-/t14-/m1/s1. The number of hydrogen-bond donors (Lipinski definition) is 3. The van der Waals surface area contributed by atoms with Gasteiger partial charge in [-0.3, -0.25) is 14.9 Å². The summed E-state index contributed by atoms with van der Waals surface area (Å²) in [6.45, 7) is 1.84. The molecule has 0 aliphatic carbocycles. The molecule has 142 valence electrons. The normalized spacial score (nSPS) is 12.0. The molecule has 0 bridgehead atoms. The van der Waals surface area contributed by atoms with E-state index in [1.54, 1.807) is 0 Å². The molecule has 0 saturated heterocycles. The summed E-state index contributed by atoms with van der Waals surface area (Å²) in [5, 5.41) is 27.7. The molecule has 0 fully saturated rings. The summed E-state index contributed by atoms with van der Waals surface area (Å²) in [6.07, 6.45) is 1.60. The van der Waals surface area contributed by atoms with Crippen LogP contribution >= 0.6 is 27.5 Å². The molecular weight excluding hydrogens is 440 g/mol. The molecule has 0 aromatic heterocycles. The number of carbonyl (C=O) groups excluding carboxylic acids is 1. The minimum Gasteiger partial charge on any atom is -0.502 e. The number of hydrogen-bond acceptors (Lipinski definition) is 6. The second-order valence-corrected chi connectivity index (χ2v) is 6.82. The van der Waals surface area contributed by atoms with Gasteiger partial charge in [0, 0.05) is 26.8 Å². The summed E-state index contributed by atoms with van der Waals surface area (Å²) in [4.78, 5) is 22.4. The number of nitrogens with one attached hydrogen (secondary N) is 2. The molecule has 1 atom stereocenters. The lowest BCUT2D eigenvalue weighted by Crippen LogP contribution is -2.36. The van der Waals surface area contributed by atoms with Gasteiger partial charge in [-0.1, -0.05) is 34.5 Å². The van der Waals surface area contributed by atoms with Gasteiger partial charge in [0.25, 0.3) is 5.91 Å². The Kier molecular flexibility index (Phi) is 7.14. The lowest BCUT2D eigenvalue weighted by Gasteiger charge is -2.16. The zero-order chi connectivity index (χ0) is 20.0. The van der Waals surface area contributed by atoms with Gasteiger partial charge in [0.05, 0.1) is 11.1 Å². The Hall–Kier alpha value is -2.65. The summed E-state index contributed by atoms with van der Waals surface area (Å²) >= 11 is 9.14. The first kappa shape index (κ1) is 20.7. The highest BCUT2D eigenvalue weighted by atomic mass is 79.9. The molecule has 8 nitrogen and oxygen atoms in total. The number of anilines is 1. The molecule has 3 N–H and O–H groups in total. The van der Waals surface area contributed by atoms with Crippen LogP contribution in [-0.4, -0.2) is 28.2 Å². The molecule has 0 saturated carbocycles. The quantitative estimate of drug-likeness (QED) is 0.331. The Balaban J connectivity index is 2.07. The van der Waals surface area contributed by atoms with Crippen LogP contribution in [0.1, 0.15) is 18.9 Å². The predicted octanol–water partition coefficient (Wildman–Crippen LogP) is 4.06. The van der Waals surface area contributed by atoms with E-state index in [-0.39, 0.29) is 10.6 Å². The van der Waals surface area contributed by atoms with Gasteiger partial charge in [0.1, 0.15) is 6.04 Å². The van der Waals surface area contributed by atoms with Gasteiger partial charge in [-0.2, -0.15) is 5.10 Å². The molecule has 10 heteroatoms. The first-order chi connectivity index (χ1) is 12.8. The highest BCUT2D eigenvalue weighted by molar-refractivity contribution is 9.10. The highest BCUT2D eigenvalue weighted by Gasteiger charge is 2.18. The van der Waals surface area contributed by atoms with Crippen molar-refractivity contribution in [3.63, 3.8) is 0 Å². The van der Waals surface area contributed by atoms with Gasteiger partial charge < -0.3 is 10.4 Å². The number of amides is 1. The van der Waals surface area contributed by atoms with E-state index in [1.165, 1.54) is 6.07 Å². The van der Waals surface area contributed by atoms with Crippen LogP contribution in [0.25, 0.3) is 0 Å². The Labute approximate surface area is 168 Å². The first-order valence-corrected chi connectivity index (χ1v) is 9.00. The van der Waals surface area contributed by atoms with Crippen LogP contribution in [0.15, 0.2) is 46.0 Å². The van der Waals surface area contributed by atoms with Crippen molar-refractivity contribution in [2.24, 2.45) is 5.10 Å². The molecular formula is C17H16BrClN4O4. The molecule has 1 amide bonds. The van der Waals surface area contributed by atoms with Crippen LogP contribution in [-0.2, 0) is 4.79 Å². The number of nitro groups is 1.